The fraction of sp³-hybridized carbons (Fsp3) is 0.533. The fourth-order valence-electron chi connectivity index (χ4n) is 2.58. The zero-order chi connectivity index (χ0) is 15.7. The Balaban J connectivity index is 2.17. The van der Waals surface area contributed by atoms with Crippen LogP contribution in [-0.4, -0.2) is 11.5 Å². The number of alkyl halides is 3. The van der Waals surface area contributed by atoms with E-state index in [-0.39, 0.29) is 10.6 Å². The van der Waals surface area contributed by atoms with Gasteiger partial charge in [-0.3, -0.25) is 0 Å². The molecule has 1 saturated carbocycles. The molecule has 6 heteroatoms. The zero-order valence-electron chi connectivity index (χ0n) is 11.9. The first-order valence-electron chi connectivity index (χ1n) is 7.02. The molecule has 0 radical (unpaired) electrons. The fourth-order valence-corrected chi connectivity index (χ4v) is 2.75. The third-order valence-corrected chi connectivity index (χ3v) is 4.22. The van der Waals surface area contributed by atoms with E-state index in [1.54, 1.807) is 0 Å². The van der Waals surface area contributed by atoms with Crippen LogP contribution in [0.5, 0.6) is 0 Å². The smallest absolute Gasteiger partial charge is 0.389 e. The van der Waals surface area contributed by atoms with Crippen molar-refractivity contribution in [2.24, 2.45) is 11.1 Å². The van der Waals surface area contributed by atoms with Crippen molar-refractivity contribution in [1.82, 2.24) is 0 Å². The monoisotopic (exact) mass is 316 g/mol. The van der Waals surface area contributed by atoms with Gasteiger partial charge in [0.15, 0.2) is 0 Å². The van der Waals surface area contributed by atoms with Crippen LogP contribution in [0.25, 0.3) is 0 Å². The van der Waals surface area contributed by atoms with Crippen molar-refractivity contribution < 1.29 is 13.2 Å². The first-order chi connectivity index (χ1) is 9.77. The van der Waals surface area contributed by atoms with Crippen LogP contribution in [-0.2, 0) is 6.18 Å². The number of thiocarbonyl (C=S) groups is 1. The van der Waals surface area contributed by atoms with E-state index in [0.29, 0.717) is 11.1 Å². The highest BCUT2D eigenvalue weighted by molar-refractivity contribution is 7.80. The number of halogens is 3. The van der Waals surface area contributed by atoms with E-state index in [9.17, 15) is 13.2 Å². The molecule has 0 bridgehead atoms. The number of rotatable bonds is 6. The third kappa shape index (κ3) is 3.87. The molecule has 2 rings (SSSR count). The number of nitrogens with one attached hydrogen (secondary N) is 1. The zero-order valence-corrected chi connectivity index (χ0v) is 12.7. The standard InChI is InChI=1S/C15H19F3N2S/c1-2-5-14(6-7-14)9-20-12-4-3-10(15(16,17)18)8-11(12)13(19)21/h3-4,8,20H,2,5-7,9H2,1H3,(H2,19,21). The summed E-state index contributed by atoms with van der Waals surface area (Å²) < 4.78 is 38.2. The summed E-state index contributed by atoms with van der Waals surface area (Å²) in [6, 6.07) is 3.49. The summed E-state index contributed by atoms with van der Waals surface area (Å²) in [4.78, 5) is -0.0241. The van der Waals surface area contributed by atoms with Crippen molar-refractivity contribution in [1.29, 1.82) is 0 Å². The van der Waals surface area contributed by atoms with Crippen LogP contribution in [0.1, 0.15) is 43.7 Å². The Morgan fingerprint density at radius 2 is 2.05 bits per heavy atom. The molecule has 0 heterocycles. The summed E-state index contributed by atoms with van der Waals surface area (Å²) in [5, 5.41) is 3.23. The predicted molar refractivity (Wildman–Crippen MR) is 82.4 cm³/mol. The lowest BCUT2D eigenvalue weighted by Gasteiger charge is -2.19. The van der Waals surface area contributed by atoms with Crippen LogP contribution >= 0.6 is 12.2 Å². The highest BCUT2D eigenvalue weighted by Crippen LogP contribution is 2.49. The molecule has 2 nitrogen and oxygen atoms in total. The second kappa shape index (κ2) is 5.83. The minimum Gasteiger partial charge on any atom is -0.389 e. The van der Waals surface area contributed by atoms with Gasteiger partial charge < -0.3 is 11.1 Å². The van der Waals surface area contributed by atoms with Crippen LogP contribution in [0, 0.1) is 5.41 Å². The van der Waals surface area contributed by atoms with Gasteiger partial charge >= 0.3 is 6.18 Å². The van der Waals surface area contributed by atoms with E-state index in [4.69, 9.17) is 18.0 Å². The van der Waals surface area contributed by atoms with E-state index < -0.39 is 11.7 Å². The average molecular weight is 316 g/mol. The summed E-state index contributed by atoms with van der Waals surface area (Å²) >= 11 is 4.88. The first-order valence-corrected chi connectivity index (χ1v) is 7.43. The van der Waals surface area contributed by atoms with E-state index in [0.717, 1.165) is 44.4 Å². The lowest BCUT2D eigenvalue weighted by Crippen LogP contribution is -2.20. The molecule has 1 aliphatic rings. The second-order valence-electron chi connectivity index (χ2n) is 5.73. The molecule has 1 fully saturated rings. The summed E-state index contributed by atoms with van der Waals surface area (Å²) in [7, 11) is 0. The number of nitrogens with two attached hydrogens (primary N) is 1. The molecule has 0 amide bonds. The van der Waals surface area contributed by atoms with Gasteiger partial charge in [0, 0.05) is 17.8 Å². The van der Waals surface area contributed by atoms with Crippen LogP contribution in [0.2, 0.25) is 0 Å². The number of benzene rings is 1. The van der Waals surface area contributed by atoms with Crippen LogP contribution < -0.4 is 11.1 Å². The van der Waals surface area contributed by atoms with Crippen molar-refractivity contribution in [3.63, 3.8) is 0 Å². The number of anilines is 1. The van der Waals surface area contributed by atoms with Crippen molar-refractivity contribution >= 4 is 22.9 Å². The summed E-state index contributed by atoms with van der Waals surface area (Å²) in [6.45, 7) is 2.89. The van der Waals surface area contributed by atoms with Crippen LogP contribution in [0.3, 0.4) is 0 Å². The molecule has 0 unspecified atom stereocenters. The van der Waals surface area contributed by atoms with Crippen molar-refractivity contribution in [3.05, 3.63) is 29.3 Å². The predicted octanol–water partition coefficient (Wildman–Crippen LogP) is 4.33. The van der Waals surface area contributed by atoms with Gasteiger partial charge in [-0.2, -0.15) is 13.2 Å². The van der Waals surface area contributed by atoms with Crippen LogP contribution in [0.15, 0.2) is 18.2 Å². The largest absolute Gasteiger partial charge is 0.416 e. The quantitative estimate of drug-likeness (QED) is 0.767. The van der Waals surface area contributed by atoms with Gasteiger partial charge in [0.2, 0.25) is 0 Å². The summed E-state index contributed by atoms with van der Waals surface area (Å²) in [5.74, 6) is 0. The average Bonchev–Trinajstić information content (AvgIpc) is 3.15. The van der Waals surface area contributed by atoms with Gasteiger partial charge in [-0.1, -0.05) is 25.6 Å². The van der Waals surface area contributed by atoms with E-state index in [1.165, 1.54) is 6.07 Å². The molecule has 0 aliphatic heterocycles. The molecule has 0 atom stereocenters. The van der Waals surface area contributed by atoms with E-state index in [1.807, 2.05) is 0 Å². The Morgan fingerprint density at radius 1 is 1.38 bits per heavy atom. The van der Waals surface area contributed by atoms with Crippen LogP contribution in [0.4, 0.5) is 18.9 Å². The molecule has 0 spiro atoms. The molecular formula is C15H19F3N2S. The lowest BCUT2D eigenvalue weighted by atomic mass is 10.00. The van der Waals surface area contributed by atoms with Gasteiger partial charge in [0.05, 0.1) is 5.56 Å². The molecule has 1 aliphatic carbocycles. The molecule has 116 valence electrons. The minimum atomic E-state index is -4.39. The molecular weight excluding hydrogens is 297 g/mol. The Morgan fingerprint density at radius 3 is 2.52 bits per heavy atom. The Hall–Kier alpha value is -1.30. The molecule has 0 saturated heterocycles. The van der Waals surface area contributed by atoms with E-state index in [2.05, 4.69) is 12.2 Å². The topological polar surface area (TPSA) is 38.0 Å². The van der Waals surface area contributed by atoms with Gasteiger partial charge in [0.1, 0.15) is 4.99 Å². The first kappa shape index (κ1) is 16.1. The highest BCUT2D eigenvalue weighted by Gasteiger charge is 2.41. The summed E-state index contributed by atoms with van der Waals surface area (Å²) in [5.41, 5.74) is 5.97. The Bertz CT molecular complexity index is 536. The number of hydrogen-bond acceptors (Lipinski definition) is 2. The Kier molecular flexibility index (Phi) is 4.46. The molecule has 3 N–H and O–H groups in total. The SMILES string of the molecule is CCCC1(CNc2ccc(C(F)(F)F)cc2C(N)=S)CC1. The van der Waals surface area contributed by atoms with Gasteiger partial charge in [-0.05, 0) is 42.9 Å². The maximum atomic E-state index is 12.7. The van der Waals surface area contributed by atoms with Crippen molar-refractivity contribution in [2.45, 2.75) is 38.8 Å². The highest BCUT2D eigenvalue weighted by atomic mass is 32.1. The maximum Gasteiger partial charge on any atom is 0.416 e. The van der Waals surface area contributed by atoms with Crippen molar-refractivity contribution in [3.8, 4) is 0 Å². The minimum absolute atomic E-state index is 0.0241. The Labute approximate surface area is 127 Å². The van der Waals surface area contributed by atoms with Gasteiger partial charge in [0.25, 0.3) is 0 Å². The van der Waals surface area contributed by atoms with Gasteiger partial charge in [-0.25, -0.2) is 0 Å². The van der Waals surface area contributed by atoms with Crippen molar-refractivity contribution in [2.75, 3.05) is 11.9 Å². The molecule has 1 aromatic rings. The molecule has 1 aromatic carbocycles. The normalized spacial score (nSPS) is 16.6. The number of hydrogen-bond donors (Lipinski definition) is 2. The second-order valence-corrected chi connectivity index (χ2v) is 6.17. The lowest BCUT2D eigenvalue weighted by molar-refractivity contribution is -0.137. The molecule has 21 heavy (non-hydrogen) atoms. The van der Waals surface area contributed by atoms with Gasteiger partial charge in [-0.15, -0.1) is 0 Å². The maximum absolute atomic E-state index is 12.7. The third-order valence-electron chi connectivity index (χ3n) is 4.00. The summed E-state index contributed by atoms with van der Waals surface area (Å²) in [6.07, 6.45) is 0.172. The van der Waals surface area contributed by atoms with E-state index >= 15 is 0 Å². The molecule has 0 aromatic heterocycles.